The summed E-state index contributed by atoms with van der Waals surface area (Å²) in [4.78, 5) is 13.2. The third-order valence-electron chi connectivity index (χ3n) is 2.93. The molecule has 0 aromatic carbocycles. The van der Waals surface area contributed by atoms with Crippen molar-refractivity contribution in [3.63, 3.8) is 0 Å². The van der Waals surface area contributed by atoms with Crippen molar-refractivity contribution in [1.82, 2.24) is 4.98 Å². The van der Waals surface area contributed by atoms with Crippen LogP contribution in [0.25, 0.3) is 0 Å². The fourth-order valence-corrected chi connectivity index (χ4v) is 2.21. The van der Waals surface area contributed by atoms with Crippen LogP contribution in [0.15, 0.2) is 4.79 Å². The van der Waals surface area contributed by atoms with Crippen molar-refractivity contribution in [3.8, 4) is 6.07 Å². The second-order valence-electron chi connectivity index (χ2n) is 3.98. The van der Waals surface area contributed by atoms with Crippen molar-refractivity contribution in [1.29, 1.82) is 5.26 Å². The number of H-pyrrole nitrogens is 1. The van der Waals surface area contributed by atoms with Crippen molar-refractivity contribution < 1.29 is 13.2 Å². The topological polar surface area (TPSA) is 56.6 Å². The summed E-state index contributed by atoms with van der Waals surface area (Å²) in [5.74, 6) is 0. The molecule has 90 valence electrons. The van der Waals surface area contributed by atoms with E-state index in [-0.39, 0.29) is 23.1 Å². The molecule has 1 N–H and O–H groups in total. The Kier molecular flexibility index (Phi) is 2.69. The van der Waals surface area contributed by atoms with E-state index in [1.165, 1.54) is 0 Å². The molecular weight excluding hydrogens is 233 g/mol. The van der Waals surface area contributed by atoms with E-state index in [1.54, 1.807) is 11.1 Å². The number of pyridine rings is 1. The van der Waals surface area contributed by atoms with Gasteiger partial charge in [-0.2, -0.15) is 18.4 Å². The predicted octanol–water partition coefficient (Wildman–Crippen LogP) is 2.14. The van der Waals surface area contributed by atoms with Gasteiger partial charge in [0.15, 0.2) is 0 Å². The summed E-state index contributed by atoms with van der Waals surface area (Å²) >= 11 is 0. The molecule has 1 heterocycles. The minimum atomic E-state index is -4.57. The van der Waals surface area contributed by atoms with Gasteiger partial charge in [-0.15, -0.1) is 0 Å². The van der Waals surface area contributed by atoms with Crippen LogP contribution in [0.5, 0.6) is 0 Å². The van der Waals surface area contributed by atoms with Crippen molar-refractivity contribution in [3.05, 3.63) is 32.7 Å². The molecule has 0 saturated carbocycles. The quantitative estimate of drug-likeness (QED) is 0.757. The van der Waals surface area contributed by atoms with Gasteiger partial charge in [0.2, 0.25) is 0 Å². The third-order valence-corrected chi connectivity index (χ3v) is 2.93. The lowest BCUT2D eigenvalue weighted by molar-refractivity contribution is -0.142. The van der Waals surface area contributed by atoms with Gasteiger partial charge in [-0.1, -0.05) is 0 Å². The van der Waals surface area contributed by atoms with Crippen LogP contribution in [0.2, 0.25) is 0 Å². The molecule has 3 nitrogen and oxygen atoms in total. The molecule has 17 heavy (non-hydrogen) atoms. The average Bonchev–Trinajstić information content (AvgIpc) is 2.27. The number of hydrogen-bond acceptors (Lipinski definition) is 2. The van der Waals surface area contributed by atoms with Gasteiger partial charge in [-0.3, -0.25) is 4.79 Å². The van der Waals surface area contributed by atoms with E-state index in [9.17, 15) is 18.0 Å². The first-order valence-corrected chi connectivity index (χ1v) is 5.20. The first-order valence-electron chi connectivity index (χ1n) is 5.20. The number of aromatic amines is 1. The predicted molar refractivity (Wildman–Crippen MR) is 53.4 cm³/mol. The van der Waals surface area contributed by atoms with Crippen LogP contribution in [-0.4, -0.2) is 4.98 Å². The Morgan fingerprint density at radius 3 is 2.29 bits per heavy atom. The first kappa shape index (κ1) is 11.7. The number of nitriles is 1. The highest BCUT2D eigenvalue weighted by atomic mass is 19.4. The lowest BCUT2D eigenvalue weighted by atomic mass is 9.88. The van der Waals surface area contributed by atoms with Gasteiger partial charge in [0.25, 0.3) is 5.56 Å². The average molecular weight is 242 g/mol. The number of hydrogen-bond donors (Lipinski definition) is 1. The standard InChI is InChI=1S/C11H9F3N2O/c12-11(13,14)9-7-4-2-1-3-6(7)8(5-15)10(17)16-9/h1-4H2,(H,16,17). The minimum Gasteiger partial charge on any atom is -0.317 e. The molecule has 6 heteroatoms. The molecule has 2 rings (SSSR count). The maximum Gasteiger partial charge on any atom is 0.431 e. The Labute approximate surface area is 94.9 Å². The van der Waals surface area contributed by atoms with Crippen molar-refractivity contribution in [2.24, 2.45) is 0 Å². The molecule has 1 aromatic rings. The SMILES string of the molecule is N#Cc1c2c(c(C(F)(F)F)[nH]c1=O)CCCC2. The highest BCUT2D eigenvalue weighted by Crippen LogP contribution is 2.34. The van der Waals surface area contributed by atoms with Gasteiger partial charge in [0.1, 0.15) is 17.3 Å². The summed E-state index contributed by atoms with van der Waals surface area (Å²) in [5.41, 5.74) is -1.75. The Bertz CT molecular complexity index is 552. The van der Waals surface area contributed by atoms with Crippen LogP contribution in [0.1, 0.15) is 35.2 Å². The summed E-state index contributed by atoms with van der Waals surface area (Å²) in [6, 6.07) is 1.69. The number of rotatable bonds is 0. The molecule has 0 amide bonds. The van der Waals surface area contributed by atoms with Gasteiger partial charge in [-0.25, -0.2) is 0 Å². The summed E-state index contributed by atoms with van der Waals surface area (Å²) in [7, 11) is 0. The van der Waals surface area contributed by atoms with Gasteiger partial charge in [-0.05, 0) is 36.8 Å². The van der Waals surface area contributed by atoms with Crippen molar-refractivity contribution >= 4 is 0 Å². The number of halogens is 3. The van der Waals surface area contributed by atoms with Gasteiger partial charge < -0.3 is 4.98 Å². The minimum absolute atomic E-state index is 0.0832. The Balaban J connectivity index is 2.77. The van der Waals surface area contributed by atoms with Crippen LogP contribution < -0.4 is 5.56 Å². The third kappa shape index (κ3) is 1.93. The molecular formula is C11H9F3N2O. The van der Waals surface area contributed by atoms with E-state index in [2.05, 4.69) is 0 Å². The van der Waals surface area contributed by atoms with Crippen LogP contribution in [-0.2, 0) is 19.0 Å². The fraction of sp³-hybridized carbons (Fsp3) is 0.455. The smallest absolute Gasteiger partial charge is 0.317 e. The summed E-state index contributed by atoms with van der Waals surface area (Å²) in [5, 5.41) is 8.82. The second-order valence-corrected chi connectivity index (χ2v) is 3.98. The molecule has 0 unspecified atom stereocenters. The Morgan fingerprint density at radius 2 is 1.76 bits per heavy atom. The van der Waals surface area contributed by atoms with Crippen LogP contribution in [0.4, 0.5) is 13.2 Å². The van der Waals surface area contributed by atoms with Crippen molar-refractivity contribution in [2.45, 2.75) is 31.9 Å². The largest absolute Gasteiger partial charge is 0.431 e. The van der Waals surface area contributed by atoms with Gasteiger partial charge >= 0.3 is 6.18 Å². The highest BCUT2D eigenvalue weighted by Gasteiger charge is 2.37. The normalized spacial score (nSPS) is 15.2. The van der Waals surface area contributed by atoms with E-state index in [1.807, 2.05) is 0 Å². The molecule has 0 bridgehead atoms. The molecule has 0 fully saturated rings. The zero-order valence-corrected chi connectivity index (χ0v) is 8.82. The van der Waals surface area contributed by atoms with Crippen LogP contribution in [0.3, 0.4) is 0 Å². The molecule has 0 saturated heterocycles. The Morgan fingerprint density at radius 1 is 1.18 bits per heavy atom. The first-order chi connectivity index (χ1) is 7.95. The zero-order chi connectivity index (χ0) is 12.6. The highest BCUT2D eigenvalue weighted by molar-refractivity contribution is 5.45. The molecule has 1 aromatic heterocycles. The van der Waals surface area contributed by atoms with Gasteiger partial charge in [0.05, 0.1) is 0 Å². The number of alkyl halides is 3. The zero-order valence-electron chi connectivity index (χ0n) is 8.82. The van der Waals surface area contributed by atoms with Crippen molar-refractivity contribution in [2.75, 3.05) is 0 Å². The van der Waals surface area contributed by atoms with E-state index in [0.717, 1.165) is 0 Å². The van der Waals surface area contributed by atoms with E-state index >= 15 is 0 Å². The fourth-order valence-electron chi connectivity index (χ4n) is 2.21. The molecule has 0 atom stereocenters. The van der Waals surface area contributed by atoms with E-state index in [4.69, 9.17) is 5.26 Å². The lowest BCUT2D eigenvalue weighted by Gasteiger charge is -2.21. The molecule has 0 spiro atoms. The van der Waals surface area contributed by atoms with Crippen LogP contribution in [0, 0.1) is 11.3 Å². The number of nitrogens with zero attached hydrogens (tertiary/aromatic N) is 1. The monoisotopic (exact) mass is 242 g/mol. The summed E-state index contributed by atoms with van der Waals surface area (Å²) in [6.45, 7) is 0. The molecule has 1 aliphatic rings. The number of fused-ring (bicyclic) bond motifs is 1. The molecule has 1 aliphatic carbocycles. The number of aromatic nitrogens is 1. The van der Waals surface area contributed by atoms with E-state index in [0.29, 0.717) is 19.3 Å². The molecule has 0 radical (unpaired) electrons. The Hall–Kier alpha value is -1.77. The maximum absolute atomic E-state index is 12.7. The maximum atomic E-state index is 12.7. The second kappa shape index (κ2) is 3.91. The summed E-state index contributed by atoms with van der Waals surface area (Å²) < 4.78 is 38.2. The summed E-state index contributed by atoms with van der Waals surface area (Å²) in [6.07, 6.45) is -2.59. The lowest BCUT2D eigenvalue weighted by Crippen LogP contribution is -2.26. The van der Waals surface area contributed by atoms with Gasteiger partial charge in [0, 0.05) is 0 Å². The van der Waals surface area contributed by atoms with E-state index < -0.39 is 17.4 Å². The van der Waals surface area contributed by atoms with Crippen LogP contribution >= 0.6 is 0 Å². The molecule has 0 aliphatic heterocycles. The number of nitrogens with one attached hydrogen (secondary N) is 1.